The van der Waals surface area contributed by atoms with Crippen LogP contribution in [0.4, 0.5) is 10.2 Å². The number of benzene rings is 1. The normalized spacial score (nSPS) is 10.7. The Balaban J connectivity index is 2.19. The lowest BCUT2D eigenvalue weighted by atomic mass is 10.1. The zero-order chi connectivity index (χ0) is 17.0. The quantitative estimate of drug-likeness (QED) is 0.856. The molecule has 122 valence electrons. The molecule has 6 heteroatoms. The van der Waals surface area contributed by atoms with Crippen LogP contribution >= 0.6 is 0 Å². The number of nitrogens with one attached hydrogen (secondary N) is 1. The zero-order valence-electron chi connectivity index (χ0n) is 13.7. The fourth-order valence-corrected chi connectivity index (χ4v) is 2.08. The van der Waals surface area contributed by atoms with Gasteiger partial charge < -0.3 is 10.1 Å². The van der Waals surface area contributed by atoms with Gasteiger partial charge in [-0.3, -0.25) is 0 Å². The Morgan fingerprint density at radius 3 is 2.70 bits per heavy atom. The first kappa shape index (κ1) is 16.9. The summed E-state index contributed by atoms with van der Waals surface area (Å²) in [6, 6.07) is 5.93. The Morgan fingerprint density at radius 1 is 1.30 bits per heavy atom. The van der Waals surface area contributed by atoms with Crippen molar-refractivity contribution in [1.82, 2.24) is 9.97 Å². The average molecular weight is 317 g/mol. The zero-order valence-corrected chi connectivity index (χ0v) is 13.7. The lowest BCUT2D eigenvalue weighted by molar-refractivity contribution is 0.0600. The number of methoxy groups -OCH3 is 1. The maximum absolute atomic E-state index is 13.9. The molecule has 1 N–H and O–H groups in total. The van der Waals surface area contributed by atoms with Gasteiger partial charge in [-0.2, -0.15) is 0 Å². The fourth-order valence-electron chi connectivity index (χ4n) is 2.08. The Bertz CT molecular complexity index is 717. The third kappa shape index (κ3) is 4.25. The number of rotatable bonds is 5. The van der Waals surface area contributed by atoms with Crippen molar-refractivity contribution in [2.75, 3.05) is 12.4 Å². The molecule has 0 amide bonds. The summed E-state index contributed by atoms with van der Waals surface area (Å²) in [5.74, 6) is 0.682. The van der Waals surface area contributed by atoms with Crippen molar-refractivity contribution in [2.45, 2.75) is 33.2 Å². The van der Waals surface area contributed by atoms with Gasteiger partial charge in [0.1, 0.15) is 17.5 Å². The molecule has 0 aliphatic heterocycles. The molecule has 0 spiro atoms. The third-order valence-corrected chi connectivity index (χ3v) is 3.31. The van der Waals surface area contributed by atoms with Crippen molar-refractivity contribution in [3.05, 3.63) is 52.7 Å². The number of carbonyl (C=O) groups is 1. The van der Waals surface area contributed by atoms with Crippen LogP contribution in [0.5, 0.6) is 0 Å². The van der Waals surface area contributed by atoms with Crippen LogP contribution in [0.25, 0.3) is 0 Å². The smallest absolute Gasteiger partial charge is 0.337 e. The monoisotopic (exact) mass is 317 g/mol. The van der Waals surface area contributed by atoms with Crippen molar-refractivity contribution < 1.29 is 13.9 Å². The minimum absolute atomic E-state index is 0.204. The molecular formula is C17H20FN3O2. The number of nitrogens with zero attached hydrogens (tertiary/aromatic N) is 2. The molecule has 0 atom stereocenters. The molecule has 0 bridgehead atoms. The van der Waals surface area contributed by atoms with Gasteiger partial charge in [-0.1, -0.05) is 13.8 Å². The highest BCUT2D eigenvalue weighted by Gasteiger charge is 2.11. The Morgan fingerprint density at radius 2 is 2.04 bits per heavy atom. The summed E-state index contributed by atoms with van der Waals surface area (Å²) in [5, 5.41) is 3.08. The first-order valence-electron chi connectivity index (χ1n) is 7.37. The van der Waals surface area contributed by atoms with E-state index < -0.39 is 5.97 Å². The van der Waals surface area contributed by atoms with Crippen molar-refractivity contribution in [2.24, 2.45) is 0 Å². The van der Waals surface area contributed by atoms with Gasteiger partial charge in [0.05, 0.1) is 12.7 Å². The highest BCUT2D eigenvalue weighted by molar-refractivity contribution is 5.89. The average Bonchev–Trinajstić information content (AvgIpc) is 2.52. The molecule has 0 saturated carbocycles. The number of hydrogen-bond acceptors (Lipinski definition) is 5. The molecule has 23 heavy (non-hydrogen) atoms. The van der Waals surface area contributed by atoms with Crippen molar-refractivity contribution in [1.29, 1.82) is 0 Å². The van der Waals surface area contributed by atoms with Crippen LogP contribution in [0.2, 0.25) is 0 Å². The number of esters is 1. The van der Waals surface area contributed by atoms with E-state index in [-0.39, 0.29) is 18.3 Å². The van der Waals surface area contributed by atoms with Crippen LogP contribution in [-0.4, -0.2) is 23.0 Å². The maximum Gasteiger partial charge on any atom is 0.337 e. The van der Waals surface area contributed by atoms with Crippen molar-refractivity contribution in [3.63, 3.8) is 0 Å². The predicted octanol–water partition coefficient (Wildman–Crippen LogP) is 3.45. The standard InChI is InChI=1S/C17H20FN3O2/c1-10(2)16-20-11(3)7-15(21-16)19-9-13-8-12(17(22)23-4)5-6-14(13)18/h5-8,10H,9H2,1-4H3,(H,19,20,21). The van der Waals surface area contributed by atoms with Crippen LogP contribution in [0.3, 0.4) is 0 Å². The van der Waals surface area contributed by atoms with Crippen LogP contribution in [0.1, 0.15) is 47.2 Å². The molecule has 0 unspecified atom stereocenters. The van der Waals surface area contributed by atoms with Gasteiger partial charge in [0.15, 0.2) is 0 Å². The number of hydrogen-bond donors (Lipinski definition) is 1. The number of carbonyl (C=O) groups excluding carboxylic acids is 1. The lowest BCUT2D eigenvalue weighted by Crippen LogP contribution is -2.09. The van der Waals surface area contributed by atoms with Gasteiger partial charge >= 0.3 is 5.97 Å². The number of aromatic nitrogens is 2. The minimum Gasteiger partial charge on any atom is -0.465 e. The topological polar surface area (TPSA) is 64.1 Å². The van der Waals surface area contributed by atoms with Gasteiger partial charge in [0, 0.05) is 29.8 Å². The van der Waals surface area contributed by atoms with E-state index in [9.17, 15) is 9.18 Å². The third-order valence-electron chi connectivity index (χ3n) is 3.31. The highest BCUT2D eigenvalue weighted by atomic mass is 19.1. The summed E-state index contributed by atoms with van der Waals surface area (Å²) in [4.78, 5) is 20.3. The second-order valence-corrected chi connectivity index (χ2v) is 5.56. The van der Waals surface area contributed by atoms with Crippen LogP contribution < -0.4 is 5.32 Å². The first-order chi connectivity index (χ1) is 10.9. The number of halogens is 1. The molecule has 1 aromatic carbocycles. The fraction of sp³-hybridized carbons (Fsp3) is 0.353. The van der Waals surface area contributed by atoms with E-state index in [1.807, 2.05) is 20.8 Å². The second-order valence-electron chi connectivity index (χ2n) is 5.56. The summed E-state index contributed by atoms with van der Waals surface area (Å²) in [6.45, 7) is 6.12. The van der Waals surface area contributed by atoms with E-state index in [4.69, 9.17) is 0 Å². The largest absolute Gasteiger partial charge is 0.465 e. The molecule has 0 radical (unpaired) electrons. The van der Waals surface area contributed by atoms with E-state index in [1.165, 1.54) is 25.3 Å². The van der Waals surface area contributed by atoms with E-state index >= 15 is 0 Å². The van der Waals surface area contributed by atoms with Crippen molar-refractivity contribution >= 4 is 11.8 Å². The highest BCUT2D eigenvalue weighted by Crippen LogP contribution is 2.16. The Hall–Kier alpha value is -2.50. The van der Waals surface area contributed by atoms with Gasteiger partial charge in [0.25, 0.3) is 0 Å². The maximum atomic E-state index is 13.9. The molecule has 1 aromatic heterocycles. The van der Waals surface area contributed by atoms with Crippen LogP contribution in [-0.2, 0) is 11.3 Å². The molecule has 2 rings (SSSR count). The Labute approximate surface area is 134 Å². The summed E-state index contributed by atoms with van der Waals surface area (Å²) in [6.07, 6.45) is 0. The van der Waals surface area contributed by atoms with Crippen molar-refractivity contribution in [3.8, 4) is 0 Å². The first-order valence-corrected chi connectivity index (χ1v) is 7.37. The summed E-state index contributed by atoms with van der Waals surface area (Å²) in [7, 11) is 1.29. The van der Waals surface area contributed by atoms with E-state index in [0.29, 0.717) is 16.9 Å². The van der Waals surface area contributed by atoms with Crippen LogP contribution in [0, 0.1) is 12.7 Å². The number of ether oxygens (including phenoxy) is 1. The molecular weight excluding hydrogens is 297 g/mol. The van der Waals surface area contributed by atoms with Gasteiger partial charge in [-0.25, -0.2) is 19.2 Å². The molecule has 2 aromatic rings. The van der Waals surface area contributed by atoms with Gasteiger partial charge in [-0.15, -0.1) is 0 Å². The molecule has 0 aliphatic carbocycles. The summed E-state index contributed by atoms with van der Waals surface area (Å²) < 4.78 is 18.6. The molecule has 1 heterocycles. The Kier molecular flexibility index (Phi) is 5.26. The number of aryl methyl sites for hydroxylation is 1. The molecule has 0 fully saturated rings. The molecule has 5 nitrogen and oxygen atoms in total. The SMILES string of the molecule is COC(=O)c1ccc(F)c(CNc2cc(C)nc(C(C)C)n2)c1. The van der Waals surface area contributed by atoms with E-state index in [2.05, 4.69) is 20.0 Å². The predicted molar refractivity (Wildman–Crippen MR) is 85.9 cm³/mol. The minimum atomic E-state index is -0.494. The van der Waals surface area contributed by atoms with E-state index in [0.717, 1.165) is 11.5 Å². The summed E-state index contributed by atoms with van der Waals surface area (Å²) in [5.41, 5.74) is 1.53. The van der Waals surface area contributed by atoms with Crippen LogP contribution in [0.15, 0.2) is 24.3 Å². The van der Waals surface area contributed by atoms with Gasteiger partial charge in [0.2, 0.25) is 0 Å². The lowest BCUT2D eigenvalue weighted by Gasteiger charge is -2.11. The van der Waals surface area contributed by atoms with E-state index in [1.54, 1.807) is 6.07 Å². The second kappa shape index (κ2) is 7.17. The molecule has 0 aliphatic rings. The van der Waals surface area contributed by atoms with Gasteiger partial charge in [-0.05, 0) is 25.1 Å². The summed E-state index contributed by atoms with van der Waals surface area (Å²) >= 11 is 0. The number of anilines is 1. The molecule has 0 saturated heterocycles.